The van der Waals surface area contributed by atoms with E-state index in [1.54, 1.807) is 0 Å². The first-order valence-corrected chi connectivity index (χ1v) is 8.07. The summed E-state index contributed by atoms with van der Waals surface area (Å²) in [4.78, 5) is 5.24. The average Bonchev–Trinajstić information content (AvgIpc) is 2.89. The minimum absolute atomic E-state index is 0.669. The van der Waals surface area contributed by atoms with Crippen molar-refractivity contribution >= 4 is 0 Å². The van der Waals surface area contributed by atoms with Crippen LogP contribution in [0.15, 0.2) is 0 Å². The second-order valence-corrected chi connectivity index (χ2v) is 6.04. The van der Waals surface area contributed by atoms with Crippen LogP contribution in [0.25, 0.3) is 0 Å². The zero-order chi connectivity index (χ0) is 13.5. The molecule has 0 radical (unpaired) electrons. The van der Waals surface area contributed by atoms with Gasteiger partial charge in [0, 0.05) is 44.8 Å². The van der Waals surface area contributed by atoms with E-state index < -0.39 is 0 Å². The van der Waals surface area contributed by atoms with E-state index >= 15 is 0 Å². The van der Waals surface area contributed by atoms with Crippen LogP contribution >= 0.6 is 0 Å². The van der Waals surface area contributed by atoms with Crippen LogP contribution in [0.3, 0.4) is 0 Å². The highest BCUT2D eigenvalue weighted by Crippen LogP contribution is 2.16. The quantitative estimate of drug-likeness (QED) is 0.751. The van der Waals surface area contributed by atoms with Crippen molar-refractivity contribution < 1.29 is 4.74 Å². The van der Waals surface area contributed by atoms with Crippen molar-refractivity contribution in [3.63, 3.8) is 0 Å². The summed E-state index contributed by atoms with van der Waals surface area (Å²) in [5.41, 5.74) is 0. The molecule has 19 heavy (non-hydrogen) atoms. The van der Waals surface area contributed by atoms with Crippen LogP contribution in [-0.4, -0.2) is 74.4 Å². The molecule has 2 unspecified atom stereocenters. The number of hydrogen-bond acceptors (Lipinski definition) is 4. The minimum atomic E-state index is 0.669. The van der Waals surface area contributed by atoms with E-state index in [0.29, 0.717) is 6.04 Å². The van der Waals surface area contributed by atoms with Gasteiger partial charge in [0.2, 0.25) is 0 Å². The molecule has 4 heteroatoms. The molecule has 0 aromatic rings. The summed E-state index contributed by atoms with van der Waals surface area (Å²) in [5.74, 6) is 0. The number of hydrogen-bond donors (Lipinski definition) is 1. The Balaban J connectivity index is 1.59. The number of nitrogens with zero attached hydrogens (tertiary/aromatic N) is 2. The molecule has 2 rings (SSSR count). The molecule has 4 nitrogen and oxygen atoms in total. The Kier molecular flexibility index (Phi) is 6.57. The molecule has 112 valence electrons. The van der Waals surface area contributed by atoms with Gasteiger partial charge in [-0.05, 0) is 26.3 Å². The maximum absolute atomic E-state index is 5.44. The largest absolute Gasteiger partial charge is 0.379 e. The first-order chi connectivity index (χ1) is 9.29. The van der Waals surface area contributed by atoms with Crippen LogP contribution in [0.4, 0.5) is 0 Å². The van der Waals surface area contributed by atoms with Gasteiger partial charge in [-0.2, -0.15) is 0 Å². The van der Waals surface area contributed by atoms with Crippen molar-refractivity contribution in [2.75, 3.05) is 52.5 Å². The Morgan fingerprint density at radius 3 is 2.79 bits per heavy atom. The second kappa shape index (κ2) is 8.20. The second-order valence-electron chi connectivity index (χ2n) is 6.04. The lowest BCUT2D eigenvalue weighted by atomic mass is 10.2. The molecular formula is C15H31N3O. The number of morpholine rings is 1. The van der Waals surface area contributed by atoms with Gasteiger partial charge in [0.15, 0.2) is 0 Å². The van der Waals surface area contributed by atoms with Crippen molar-refractivity contribution in [3.8, 4) is 0 Å². The fraction of sp³-hybridized carbons (Fsp3) is 1.00. The molecule has 0 aromatic heterocycles. The Hall–Kier alpha value is -0.160. The molecule has 1 N–H and O–H groups in total. The summed E-state index contributed by atoms with van der Waals surface area (Å²) >= 11 is 0. The van der Waals surface area contributed by atoms with Gasteiger partial charge < -0.3 is 15.0 Å². The van der Waals surface area contributed by atoms with E-state index in [-0.39, 0.29) is 0 Å². The molecular weight excluding hydrogens is 238 g/mol. The van der Waals surface area contributed by atoms with Crippen LogP contribution in [-0.2, 0) is 4.74 Å². The van der Waals surface area contributed by atoms with Gasteiger partial charge in [-0.3, -0.25) is 4.90 Å². The smallest absolute Gasteiger partial charge is 0.0594 e. The lowest BCUT2D eigenvalue weighted by Crippen LogP contribution is -2.45. The third kappa shape index (κ3) is 5.03. The highest BCUT2D eigenvalue weighted by Gasteiger charge is 2.28. The lowest BCUT2D eigenvalue weighted by molar-refractivity contribution is 0.0185. The first-order valence-electron chi connectivity index (χ1n) is 8.07. The van der Waals surface area contributed by atoms with E-state index in [2.05, 4.69) is 29.0 Å². The van der Waals surface area contributed by atoms with E-state index in [9.17, 15) is 0 Å². The van der Waals surface area contributed by atoms with Crippen molar-refractivity contribution in [3.05, 3.63) is 0 Å². The molecule has 2 aliphatic heterocycles. The molecule has 0 bridgehead atoms. The van der Waals surface area contributed by atoms with Gasteiger partial charge in [-0.25, -0.2) is 0 Å². The molecule has 2 heterocycles. The maximum atomic E-state index is 5.44. The SMILES string of the molecule is CCCC(C)NCCN1CCC(N2CCOCC2)C1. The van der Waals surface area contributed by atoms with E-state index in [0.717, 1.165) is 38.9 Å². The molecule has 0 aromatic carbocycles. The van der Waals surface area contributed by atoms with Gasteiger partial charge in [0.1, 0.15) is 0 Å². The summed E-state index contributed by atoms with van der Waals surface area (Å²) in [5, 5.41) is 3.63. The van der Waals surface area contributed by atoms with E-state index in [4.69, 9.17) is 4.74 Å². The summed E-state index contributed by atoms with van der Waals surface area (Å²) in [6.07, 6.45) is 3.90. The zero-order valence-electron chi connectivity index (χ0n) is 12.7. The van der Waals surface area contributed by atoms with Crippen LogP contribution < -0.4 is 5.32 Å². The van der Waals surface area contributed by atoms with Gasteiger partial charge in [-0.1, -0.05) is 13.3 Å². The van der Waals surface area contributed by atoms with Gasteiger partial charge in [0.05, 0.1) is 13.2 Å². The highest BCUT2D eigenvalue weighted by atomic mass is 16.5. The molecule has 0 spiro atoms. The Bertz CT molecular complexity index is 244. The number of likely N-dealkylation sites (tertiary alicyclic amines) is 1. The number of rotatable bonds is 7. The van der Waals surface area contributed by atoms with Crippen LogP contribution in [0.2, 0.25) is 0 Å². The number of nitrogens with one attached hydrogen (secondary N) is 1. The first kappa shape index (κ1) is 15.2. The third-order valence-corrected chi connectivity index (χ3v) is 4.45. The topological polar surface area (TPSA) is 27.7 Å². The maximum Gasteiger partial charge on any atom is 0.0594 e. The minimum Gasteiger partial charge on any atom is -0.379 e. The monoisotopic (exact) mass is 269 g/mol. The Morgan fingerprint density at radius 1 is 1.26 bits per heavy atom. The zero-order valence-corrected chi connectivity index (χ0v) is 12.7. The van der Waals surface area contributed by atoms with Crippen LogP contribution in [0.5, 0.6) is 0 Å². The van der Waals surface area contributed by atoms with Gasteiger partial charge >= 0.3 is 0 Å². The van der Waals surface area contributed by atoms with E-state index in [1.807, 2.05) is 0 Å². The molecule has 0 saturated carbocycles. The fourth-order valence-corrected chi connectivity index (χ4v) is 3.26. The van der Waals surface area contributed by atoms with Crippen molar-refractivity contribution in [1.29, 1.82) is 0 Å². The summed E-state index contributed by atoms with van der Waals surface area (Å²) < 4.78 is 5.44. The van der Waals surface area contributed by atoms with Crippen LogP contribution in [0, 0.1) is 0 Å². The third-order valence-electron chi connectivity index (χ3n) is 4.45. The van der Waals surface area contributed by atoms with Gasteiger partial charge in [0.25, 0.3) is 0 Å². The number of ether oxygens (including phenoxy) is 1. The van der Waals surface area contributed by atoms with Crippen molar-refractivity contribution in [2.45, 2.75) is 45.2 Å². The predicted octanol–water partition coefficient (Wildman–Crippen LogP) is 1.17. The molecule has 2 fully saturated rings. The van der Waals surface area contributed by atoms with E-state index in [1.165, 1.54) is 38.9 Å². The summed E-state index contributed by atoms with van der Waals surface area (Å²) in [6, 6.07) is 1.44. The average molecular weight is 269 g/mol. The Labute approximate surface area is 118 Å². The molecule has 0 aliphatic carbocycles. The predicted molar refractivity (Wildman–Crippen MR) is 79.6 cm³/mol. The van der Waals surface area contributed by atoms with Crippen LogP contribution in [0.1, 0.15) is 33.1 Å². The lowest BCUT2D eigenvalue weighted by Gasteiger charge is -2.32. The molecule has 2 saturated heterocycles. The summed E-state index contributed by atoms with van der Waals surface area (Å²) in [6.45, 7) is 13.5. The van der Waals surface area contributed by atoms with Crippen molar-refractivity contribution in [1.82, 2.24) is 15.1 Å². The standard InChI is InChI=1S/C15H31N3O/c1-3-4-14(2)16-6-8-17-7-5-15(13-17)18-9-11-19-12-10-18/h14-16H,3-13H2,1-2H3. The highest BCUT2D eigenvalue weighted by molar-refractivity contribution is 4.84. The molecule has 0 amide bonds. The normalized spacial score (nSPS) is 27.8. The van der Waals surface area contributed by atoms with Crippen molar-refractivity contribution in [2.24, 2.45) is 0 Å². The summed E-state index contributed by atoms with van der Waals surface area (Å²) in [7, 11) is 0. The Morgan fingerprint density at radius 2 is 2.05 bits per heavy atom. The molecule has 2 atom stereocenters. The van der Waals surface area contributed by atoms with Gasteiger partial charge in [-0.15, -0.1) is 0 Å². The molecule has 2 aliphatic rings. The fourth-order valence-electron chi connectivity index (χ4n) is 3.26.